The molecule has 1 aromatic rings. The van der Waals surface area contributed by atoms with Crippen LogP contribution in [0.1, 0.15) is 57.9 Å². The van der Waals surface area contributed by atoms with Gasteiger partial charge in [-0.05, 0) is 41.6 Å². The minimum atomic E-state index is -0.388. The molecule has 0 aromatic heterocycles. The topological polar surface area (TPSA) is 47.6 Å². The molecular weight excluding hydrogens is 352 g/mol. The molecule has 142 valence electrons. The maximum atomic E-state index is 10.1. The van der Waals surface area contributed by atoms with E-state index in [0.29, 0.717) is 11.8 Å². The van der Waals surface area contributed by atoms with Crippen LogP contribution in [0.15, 0.2) is 30.3 Å². The number of fused-ring (bicyclic) bond motifs is 1. The summed E-state index contributed by atoms with van der Waals surface area (Å²) in [6.45, 7) is 4.70. The lowest BCUT2D eigenvalue weighted by Gasteiger charge is -2.47. The Morgan fingerprint density at radius 1 is 1.04 bits per heavy atom. The van der Waals surface area contributed by atoms with Crippen molar-refractivity contribution in [2.75, 3.05) is 0 Å². The number of halogens is 1. The minimum absolute atomic E-state index is 0.00121. The zero-order valence-corrected chi connectivity index (χ0v) is 17.1. The van der Waals surface area contributed by atoms with Gasteiger partial charge in [-0.3, -0.25) is 0 Å². The molecule has 0 amide bonds. The van der Waals surface area contributed by atoms with Gasteiger partial charge in [-0.1, -0.05) is 69.9 Å². The van der Waals surface area contributed by atoms with Gasteiger partial charge in [-0.15, -0.1) is 11.6 Å². The third kappa shape index (κ3) is 2.64. The second-order valence-electron chi connectivity index (χ2n) is 9.54. The highest BCUT2D eigenvalue weighted by Crippen LogP contribution is 2.78. The fourth-order valence-electron chi connectivity index (χ4n) is 6.86. The van der Waals surface area contributed by atoms with E-state index in [0.717, 1.165) is 12.3 Å². The molecule has 3 heteroatoms. The zero-order chi connectivity index (χ0) is 19.2. The molecule has 0 heterocycles. The molecule has 0 radical (unpaired) electrons. The minimum Gasteiger partial charge on any atom is -0.198 e. The Balaban J connectivity index is 1.78. The van der Waals surface area contributed by atoms with Crippen LogP contribution in [0.2, 0.25) is 0 Å². The van der Waals surface area contributed by atoms with Gasteiger partial charge >= 0.3 is 0 Å². The summed E-state index contributed by atoms with van der Waals surface area (Å²) in [6, 6.07) is 15.6. The largest absolute Gasteiger partial charge is 0.198 e. The van der Waals surface area contributed by atoms with Crippen LogP contribution in [0, 0.1) is 57.7 Å². The Labute approximate surface area is 168 Å². The second kappa shape index (κ2) is 6.83. The molecule has 0 N–H and O–H groups in total. The number of rotatable bonds is 2. The fourth-order valence-corrected chi connectivity index (χ4v) is 7.34. The third-order valence-corrected chi connectivity index (χ3v) is 8.77. The van der Waals surface area contributed by atoms with Crippen molar-refractivity contribution in [3.05, 3.63) is 35.9 Å². The van der Waals surface area contributed by atoms with Crippen molar-refractivity contribution in [2.24, 2.45) is 35.0 Å². The first kappa shape index (κ1) is 18.8. The van der Waals surface area contributed by atoms with Crippen molar-refractivity contribution in [1.82, 2.24) is 0 Å². The van der Waals surface area contributed by atoms with Gasteiger partial charge < -0.3 is 0 Å². The number of alkyl halides is 1. The molecule has 3 saturated carbocycles. The van der Waals surface area contributed by atoms with E-state index in [2.05, 4.69) is 50.3 Å². The highest BCUT2D eigenvalue weighted by atomic mass is 35.5. The van der Waals surface area contributed by atoms with Gasteiger partial charge in [0.15, 0.2) is 0 Å². The van der Waals surface area contributed by atoms with Crippen LogP contribution in [0.4, 0.5) is 0 Å². The summed E-state index contributed by atoms with van der Waals surface area (Å²) in [5.41, 5.74) is 1.05. The monoisotopic (exact) mass is 380 g/mol. The molecular formula is C24H29ClN2. The van der Waals surface area contributed by atoms with Crippen LogP contribution in [0.5, 0.6) is 0 Å². The van der Waals surface area contributed by atoms with E-state index >= 15 is 0 Å². The standard InChI is InChI=1S/C24H29ClN2/c1-16-7-6-8-17(12-11-16)21-19(13-26)22(25)20(14-27)24(15-23(21,24)2)18-9-4-3-5-10-18/h3-5,9-10,16-17,19-22H,6-8,11-12,15H2,1-2H3. The maximum absolute atomic E-state index is 10.1. The van der Waals surface area contributed by atoms with Crippen LogP contribution in [0.3, 0.4) is 0 Å². The SMILES string of the molecule is CC1CCCC(C2C(C#N)C(Cl)C(C#N)C3(c4ccccc4)CC23C)CC1. The Morgan fingerprint density at radius 2 is 1.78 bits per heavy atom. The van der Waals surface area contributed by atoms with Gasteiger partial charge in [0, 0.05) is 5.41 Å². The molecule has 0 bridgehead atoms. The molecule has 3 aliphatic rings. The average Bonchev–Trinajstić information content (AvgIpc) is 3.36. The summed E-state index contributed by atoms with van der Waals surface area (Å²) in [5.74, 6) is 1.11. The predicted molar refractivity (Wildman–Crippen MR) is 108 cm³/mol. The Hall–Kier alpha value is -1.51. The zero-order valence-electron chi connectivity index (χ0n) is 16.4. The number of hydrogen-bond acceptors (Lipinski definition) is 2. The number of nitrogens with zero attached hydrogens (tertiary/aromatic N) is 2. The lowest BCUT2D eigenvalue weighted by atomic mass is 9.57. The molecule has 8 atom stereocenters. The maximum Gasteiger partial charge on any atom is 0.0742 e. The normalized spacial score (nSPS) is 46.4. The molecule has 8 unspecified atom stereocenters. The van der Waals surface area contributed by atoms with Gasteiger partial charge in [0.05, 0.1) is 29.4 Å². The quantitative estimate of drug-likeness (QED) is 0.461. The summed E-state index contributed by atoms with van der Waals surface area (Å²) in [7, 11) is 0. The van der Waals surface area contributed by atoms with Gasteiger partial charge in [0.25, 0.3) is 0 Å². The summed E-state index contributed by atoms with van der Waals surface area (Å²) < 4.78 is 0. The van der Waals surface area contributed by atoms with Gasteiger partial charge in [-0.25, -0.2) is 0 Å². The van der Waals surface area contributed by atoms with E-state index in [9.17, 15) is 10.5 Å². The second-order valence-corrected chi connectivity index (χ2v) is 10.0. The molecule has 0 aliphatic heterocycles. The molecule has 4 rings (SSSR count). The molecule has 3 aliphatic carbocycles. The van der Waals surface area contributed by atoms with Crippen LogP contribution >= 0.6 is 11.6 Å². The molecule has 3 fully saturated rings. The Kier molecular flexibility index (Phi) is 4.76. The molecule has 2 nitrogen and oxygen atoms in total. The van der Waals surface area contributed by atoms with Crippen LogP contribution in [0.25, 0.3) is 0 Å². The van der Waals surface area contributed by atoms with Gasteiger partial charge in [0.2, 0.25) is 0 Å². The molecule has 0 spiro atoms. The molecule has 27 heavy (non-hydrogen) atoms. The van der Waals surface area contributed by atoms with E-state index in [-0.39, 0.29) is 28.0 Å². The Morgan fingerprint density at radius 3 is 2.44 bits per heavy atom. The summed E-state index contributed by atoms with van der Waals surface area (Å²) >= 11 is 6.91. The first-order valence-electron chi connectivity index (χ1n) is 10.5. The fraction of sp³-hybridized carbons (Fsp3) is 0.667. The summed E-state index contributed by atoms with van der Waals surface area (Å²) in [4.78, 5) is 0. The van der Waals surface area contributed by atoms with E-state index in [1.807, 2.05) is 6.07 Å². The van der Waals surface area contributed by atoms with Crippen molar-refractivity contribution in [3.63, 3.8) is 0 Å². The highest BCUT2D eigenvalue weighted by molar-refractivity contribution is 6.21. The van der Waals surface area contributed by atoms with E-state index in [4.69, 9.17) is 11.6 Å². The van der Waals surface area contributed by atoms with Crippen molar-refractivity contribution in [3.8, 4) is 12.1 Å². The summed E-state index contributed by atoms with van der Waals surface area (Å²) in [6.07, 6.45) is 7.19. The predicted octanol–water partition coefficient (Wildman–Crippen LogP) is 6.07. The molecule has 0 saturated heterocycles. The van der Waals surface area contributed by atoms with E-state index < -0.39 is 0 Å². The van der Waals surface area contributed by atoms with Crippen molar-refractivity contribution < 1.29 is 0 Å². The smallest absolute Gasteiger partial charge is 0.0742 e. The van der Waals surface area contributed by atoms with Gasteiger partial charge in [0.1, 0.15) is 0 Å². The highest BCUT2D eigenvalue weighted by Gasteiger charge is 2.77. The Bertz CT molecular complexity index is 778. The van der Waals surface area contributed by atoms with Crippen molar-refractivity contribution >= 4 is 11.6 Å². The number of nitriles is 2. The van der Waals surface area contributed by atoms with Crippen LogP contribution in [-0.2, 0) is 5.41 Å². The first-order valence-corrected chi connectivity index (χ1v) is 10.9. The van der Waals surface area contributed by atoms with E-state index in [1.165, 1.54) is 37.7 Å². The van der Waals surface area contributed by atoms with Gasteiger partial charge in [-0.2, -0.15) is 10.5 Å². The van der Waals surface area contributed by atoms with Crippen molar-refractivity contribution in [1.29, 1.82) is 10.5 Å². The first-order chi connectivity index (χ1) is 13.0. The lowest BCUT2D eigenvalue weighted by molar-refractivity contribution is 0.0777. The molecule has 1 aromatic carbocycles. The average molecular weight is 381 g/mol. The number of hydrogen-bond donors (Lipinski definition) is 0. The number of benzene rings is 1. The third-order valence-electron chi connectivity index (χ3n) is 8.24. The van der Waals surface area contributed by atoms with Crippen molar-refractivity contribution in [2.45, 2.75) is 63.2 Å². The van der Waals surface area contributed by atoms with E-state index in [1.54, 1.807) is 0 Å². The summed E-state index contributed by atoms with van der Waals surface area (Å²) in [5, 5.41) is 19.7. The van der Waals surface area contributed by atoms with Crippen LogP contribution in [-0.4, -0.2) is 5.38 Å². The van der Waals surface area contributed by atoms with Crippen LogP contribution < -0.4 is 0 Å². The lowest BCUT2D eigenvalue weighted by Crippen LogP contribution is -2.49.